The van der Waals surface area contributed by atoms with Crippen LogP contribution in [-0.4, -0.2) is 6.54 Å². The van der Waals surface area contributed by atoms with Gasteiger partial charge in [0.1, 0.15) is 5.82 Å². The number of rotatable bonds is 5. The van der Waals surface area contributed by atoms with Gasteiger partial charge in [0.05, 0.1) is 10.5 Å². The van der Waals surface area contributed by atoms with Crippen LogP contribution >= 0.6 is 47.8 Å². The van der Waals surface area contributed by atoms with Gasteiger partial charge in [0.25, 0.3) is 0 Å². The normalized spacial score (nSPS) is 12.4. The summed E-state index contributed by atoms with van der Waals surface area (Å²) in [7, 11) is 0. The Morgan fingerprint density at radius 3 is 2.48 bits per heavy atom. The highest BCUT2D eigenvalue weighted by Gasteiger charge is 2.20. The maximum absolute atomic E-state index is 14.5. The lowest BCUT2D eigenvalue weighted by atomic mass is 9.98. The maximum atomic E-state index is 14.5. The lowest BCUT2D eigenvalue weighted by Crippen LogP contribution is -2.24. The van der Waals surface area contributed by atoms with Crippen LogP contribution in [0.3, 0.4) is 0 Å². The summed E-state index contributed by atoms with van der Waals surface area (Å²) in [5, 5.41) is 3.42. The van der Waals surface area contributed by atoms with Crippen LogP contribution in [0.25, 0.3) is 0 Å². The van der Waals surface area contributed by atoms with Gasteiger partial charge >= 0.3 is 0 Å². The second kappa shape index (κ2) is 7.86. The van der Waals surface area contributed by atoms with E-state index in [1.54, 1.807) is 6.07 Å². The first-order chi connectivity index (χ1) is 10.0. The Morgan fingerprint density at radius 2 is 1.81 bits per heavy atom. The number of halogens is 4. The summed E-state index contributed by atoms with van der Waals surface area (Å²) >= 11 is 10.3. The van der Waals surface area contributed by atoms with Crippen LogP contribution in [-0.2, 0) is 0 Å². The number of hydrogen-bond acceptors (Lipinski definition) is 1. The molecule has 0 amide bonds. The van der Waals surface area contributed by atoms with Crippen LogP contribution in [0.4, 0.5) is 4.39 Å². The average Bonchev–Trinajstić information content (AvgIpc) is 2.45. The molecule has 0 bridgehead atoms. The fraction of sp³-hybridized carbons (Fsp3) is 0.250. The van der Waals surface area contributed by atoms with E-state index in [2.05, 4.69) is 60.0 Å². The molecule has 0 aliphatic heterocycles. The van der Waals surface area contributed by atoms with Crippen LogP contribution in [0.15, 0.2) is 49.8 Å². The van der Waals surface area contributed by atoms with Gasteiger partial charge in [-0.25, -0.2) is 4.39 Å². The van der Waals surface area contributed by atoms with Gasteiger partial charge in [-0.15, -0.1) is 0 Å². The highest BCUT2D eigenvalue weighted by Crippen LogP contribution is 2.33. The molecule has 0 saturated heterocycles. The van der Waals surface area contributed by atoms with E-state index in [-0.39, 0.29) is 11.9 Å². The molecule has 5 heteroatoms. The predicted octanol–water partition coefficient (Wildman–Crippen LogP) is 6.20. The third-order valence-electron chi connectivity index (χ3n) is 3.16. The Morgan fingerprint density at radius 1 is 1.05 bits per heavy atom. The molecule has 2 aromatic rings. The molecule has 0 heterocycles. The van der Waals surface area contributed by atoms with Crippen molar-refractivity contribution in [2.24, 2.45) is 0 Å². The van der Waals surface area contributed by atoms with Gasteiger partial charge in [0.2, 0.25) is 0 Å². The summed E-state index contributed by atoms with van der Waals surface area (Å²) in [6.45, 7) is 2.91. The topological polar surface area (TPSA) is 12.0 Å². The zero-order chi connectivity index (χ0) is 15.4. The molecule has 2 rings (SSSR count). The minimum absolute atomic E-state index is 0.190. The van der Waals surface area contributed by atoms with E-state index in [9.17, 15) is 4.39 Å². The highest BCUT2D eigenvalue weighted by molar-refractivity contribution is 9.11. The summed E-state index contributed by atoms with van der Waals surface area (Å²) in [4.78, 5) is 0. The van der Waals surface area contributed by atoms with Gasteiger partial charge in [-0.05, 0) is 52.7 Å². The van der Waals surface area contributed by atoms with Crippen molar-refractivity contribution in [3.63, 3.8) is 0 Å². The lowest BCUT2D eigenvalue weighted by molar-refractivity contribution is 0.542. The molecule has 0 fully saturated rings. The first-order valence-corrected chi connectivity index (χ1v) is 9.04. The fourth-order valence-electron chi connectivity index (χ4n) is 2.16. The van der Waals surface area contributed by atoms with Crippen molar-refractivity contribution in [1.82, 2.24) is 5.32 Å². The first-order valence-electron chi connectivity index (χ1n) is 6.66. The van der Waals surface area contributed by atoms with Crippen molar-refractivity contribution < 1.29 is 4.39 Å². The molecule has 0 aliphatic carbocycles. The number of benzene rings is 2. The van der Waals surface area contributed by atoms with Crippen LogP contribution in [0.1, 0.15) is 30.5 Å². The second-order valence-corrected chi connectivity index (χ2v) is 7.32. The van der Waals surface area contributed by atoms with E-state index in [1.165, 1.54) is 0 Å². The number of nitrogens with one attached hydrogen (secondary N) is 1. The van der Waals surface area contributed by atoms with Gasteiger partial charge in [-0.3, -0.25) is 0 Å². The molecular formula is C16H15Br3FN. The molecule has 0 radical (unpaired) electrons. The minimum Gasteiger partial charge on any atom is -0.306 e. The van der Waals surface area contributed by atoms with Gasteiger partial charge in [0.15, 0.2) is 0 Å². The maximum Gasteiger partial charge on any atom is 0.142 e. The Hall–Kier alpha value is -0.230. The third-order valence-corrected chi connectivity index (χ3v) is 4.96. The first kappa shape index (κ1) is 17.1. The molecule has 1 N–H and O–H groups in total. The summed E-state index contributed by atoms with van der Waals surface area (Å²) in [6, 6.07) is 11.2. The zero-order valence-corrected chi connectivity index (χ0v) is 16.2. The van der Waals surface area contributed by atoms with Crippen LogP contribution < -0.4 is 5.32 Å². The van der Waals surface area contributed by atoms with E-state index < -0.39 is 0 Å². The van der Waals surface area contributed by atoms with Gasteiger partial charge in [-0.2, -0.15) is 0 Å². The summed E-state index contributed by atoms with van der Waals surface area (Å²) < 4.78 is 16.9. The zero-order valence-electron chi connectivity index (χ0n) is 11.5. The van der Waals surface area contributed by atoms with Crippen molar-refractivity contribution in [3.05, 3.63) is 66.8 Å². The largest absolute Gasteiger partial charge is 0.306 e. The van der Waals surface area contributed by atoms with Crippen molar-refractivity contribution in [2.75, 3.05) is 6.54 Å². The molecule has 21 heavy (non-hydrogen) atoms. The molecule has 2 aromatic carbocycles. The molecule has 0 aliphatic rings. The van der Waals surface area contributed by atoms with Gasteiger partial charge in [-0.1, -0.05) is 57.0 Å². The molecular weight excluding hydrogens is 465 g/mol. The van der Waals surface area contributed by atoms with Crippen LogP contribution in [0.2, 0.25) is 0 Å². The third kappa shape index (κ3) is 4.15. The molecule has 1 atom stereocenters. The van der Waals surface area contributed by atoms with Crippen LogP contribution in [0, 0.1) is 5.82 Å². The fourth-order valence-corrected chi connectivity index (χ4v) is 3.81. The smallest absolute Gasteiger partial charge is 0.142 e. The average molecular weight is 480 g/mol. The Labute approximate surface area is 149 Å². The van der Waals surface area contributed by atoms with Crippen LogP contribution in [0.5, 0.6) is 0 Å². The standard InChI is InChI=1S/C16H15Br3FN/c1-2-8-21-16(11-7-6-10(17)9-14(11)19)12-4-3-5-13(18)15(12)20/h3-7,9,16,21H,2,8H2,1H3. The lowest BCUT2D eigenvalue weighted by Gasteiger charge is -2.22. The monoisotopic (exact) mass is 477 g/mol. The molecule has 0 spiro atoms. The number of hydrogen-bond donors (Lipinski definition) is 1. The van der Waals surface area contributed by atoms with Crippen molar-refractivity contribution >= 4 is 47.8 Å². The molecule has 112 valence electrons. The van der Waals surface area contributed by atoms with Crippen molar-refractivity contribution in [2.45, 2.75) is 19.4 Å². The van der Waals surface area contributed by atoms with E-state index in [0.29, 0.717) is 10.0 Å². The summed E-state index contributed by atoms with van der Waals surface area (Å²) in [6.07, 6.45) is 0.986. The summed E-state index contributed by atoms with van der Waals surface area (Å²) in [5.41, 5.74) is 1.66. The quantitative estimate of drug-likeness (QED) is 0.538. The predicted molar refractivity (Wildman–Crippen MR) is 96.1 cm³/mol. The molecule has 1 nitrogen and oxygen atoms in total. The van der Waals surface area contributed by atoms with Crippen molar-refractivity contribution in [3.8, 4) is 0 Å². The van der Waals surface area contributed by atoms with E-state index in [4.69, 9.17) is 0 Å². The van der Waals surface area contributed by atoms with E-state index in [1.807, 2.05) is 30.3 Å². The molecule has 1 unspecified atom stereocenters. The molecule has 0 saturated carbocycles. The van der Waals surface area contributed by atoms with E-state index in [0.717, 1.165) is 27.5 Å². The minimum atomic E-state index is -0.221. The SMILES string of the molecule is CCCNC(c1ccc(Br)cc1Br)c1cccc(Br)c1F. The highest BCUT2D eigenvalue weighted by atomic mass is 79.9. The summed E-state index contributed by atoms with van der Waals surface area (Å²) in [5.74, 6) is -0.221. The van der Waals surface area contributed by atoms with E-state index >= 15 is 0 Å². The van der Waals surface area contributed by atoms with Gasteiger partial charge in [0, 0.05) is 14.5 Å². The van der Waals surface area contributed by atoms with Gasteiger partial charge < -0.3 is 5.32 Å². The molecule has 0 aromatic heterocycles. The second-order valence-electron chi connectivity index (χ2n) is 4.70. The Balaban J connectivity index is 2.49. The Kier molecular flexibility index (Phi) is 6.41. The van der Waals surface area contributed by atoms with Crippen molar-refractivity contribution in [1.29, 1.82) is 0 Å². The Bertz CT molecular complexity index is 631.